The van der Waals surface area contributed by atoms with Gasteiger partial charge in [-0.15, -0.1) is 0 Å². The first-order valence-electron chi connectivity index (χ1n) is 5.94. The van der Waals surface area contributed by atoms with Gasteiger partial charge in [-0.3, -0.25) is 4.90 Å². The van der Waals surface area contributed by atoms with Gasteiger partial charge in [0.25, 0.3) is 0 Å². The van der Waals surface area contributed by atoms with Crippen molar-refractivity contribution in [2.45, 2.75) is 31.3 Å². The summed E-state index contributed by atoms with van der Waals surface area (Å²) < 4.78 is 0. The lowest BCUT2D eigenvalue weighted by Crippen LogP contribution is -2.33. The average molecular weight is 253 g/mol. The Morgan fingerprint density at radius 3 is 3.18 bits per heavy atom. The van der Waals surface area contributed by atoms with Gasteiger partial charge in [-0.25, -0.2) is 9.78 Å². The number of nitrogens with one attached hydrogen (secondary N) is 1. The van der Waals surface area contributed by atoms with Gasteiger partial charge in [0.2, 0.25) is 0 Å². The Hall–Kier alpha value is -1.14. The number of anilines is 1. The predicted octanol–water partition coefficient (Wildman–Crippen LogP) is 1.49. The molecule has 92 valence electrons. The van der Waals surface area contributed by atoms with Gasteiger partial charge < -0.3 is 10.4 Å². The van der Waals surface area contributed by atoms with Gasteiger partial charge in [0.05, 0.1) is 6.20 Å². The lowest BCUT2D eigenvalue weighted by Gasteiger charge is -2.20. The zero-order valence-electron chi connectivity index (χ0n) is 9.43. The summed E-state index contributed by atoms with van der Waals surface area (Å²) in [4.78, 5) is 17.7. The molecule has 5 nitrogen and oxygen atoms in total. The Balaban J connectivity index is 1.68. The molecule has 2 unspecified atom stereocenters. The monoisotopic (exact) mass is 253 g/mol. The molecule has 0 radical (unpaired) electrons. The highest BCUT2D eigenvalue weighted by atomic mass is 32.1. The van der Waals surface area contributed by atoms with E-state index >= 15 is 0 Å². The van der Waals surface area contributed by atoms with Gasteiger partial charge >= 0.3 is 5.97 Å². The molecule has 2 saturated heterocycles. The normalized spacial score (nSPS) is 28.2. The number of hydrogen-bond donors (Lipinski definition) is 2. The van der Waals surface area contributed by atoms with Crippen molar-refractivity contribution >= 4 is 22.4 Å². The largest absolute Gasteiger partial charge is 0.477 e. The summed E-state index contributed by atoms with van der Waals surface area (Å²) in [6, 6.07) is 1.05. The van der Waals surface area contributed by atoms with Crippen molar-refractivity contribution in [2.75, 3.05) is 18.4 Å². The van der Waals surface area contributed by atoms with Gasteiger partial charge in [-0.1, -0.05) is 11.3 Å². The summed E-state index contributed by atoms with van der Waals surface area (Å²) >= 11 is 1.22. The van der Waals surface area contributed by atoms with Crippen LogP contribution in [0.2, 0.25) is 0 Å². The minimum absolute atomic E-state index is 0.300. The van der Waals surface area contributed by atoms with Crippen molar-refractivity contribution in [3.8, 4) is 0 Å². The molecule has 2 fully saturated rings. The molecular formula is C11H15N3O2S. The van der Waals surface area contributed by atoms with Crippen LogP contribution in [-0.2, 0) is 0 Å². The Morgan fingerprint density at radius 1 is 1.53 bits per heavy atom. The maximum Gasteiger partial charge on any atom is 0.347 e. The number of rotatable bonds is 3. The Kier molecular flexibility index (Phi) is 2.76. The number of aromatic carboxylic acids is 1. The van der Waals surface area contributed by atoms with E-state index in [0.29, 0.717) is 17.0 Å². The third-order valence-electron chi connectivity index (χ3n) is 3.63. The summed E-state index contributed by atoms with van der Waals surface area (Å²) in [5.41, 5.74) is 0. The third kappa shape index (κ3) is 2.02. The number of thiazole rings is 1. The average Bonchev–Trinajstić information content (AvgIpc) is 2.96. The fraction of sp³-hybridized carbons (Fsp3) is 0.636. The van der Waals surface area contributed by atoms with Crippen molar-refractivity contribution in [3.05, 3.63) is 11.1 Å². The Labute approximate surface area is 103 Å². The molecule has 0 saturated carbocycles. The van der Waals surface area contributed by atoms with Crippen LogP contribution >= 0.6 is 11.3 Å². The molecule has 3 heterocycles. The molecule has 2 aliphatic heterocycles. The zero-order chi connectivity index (χ0) is 11.8. The molecule has 0 aliphatic carbocycles. The second-order valence-corrected chi connectivity index (χ2v) is 5.65. The molecule has 0 amide bonds. The standard InChI is InChI=1S/C11H15N3O2S/c15-10(16)9-6-12-11(17-9)13-7-3-5-14-4-1-2-8(7)14/h6-8H,1-5H2,(H,12,13)(H,15,16). The second-order valence-electron chi connectivity index (χ2n) is 4.62. The summed E-state index contributed by atoms with van der Waals surface area (Å²) in [6.07, 6.45) is 5.08. The predicted molar refractivity (Wildman–Crippen MR) is 65.7 cm³/mol. The number of carboxylic acids is 1. The van der Waals surface area contributed by atoms with Crippen molar-refractivity contribution in [1.29, 1.82) is 0 Å². The van der Waals surface area contributed by atoms with Crippen LogP contribution in [0.5, 0.6) is 0 Å². The molecule has 3 rings (SSSR count). The number of fused-ring (bicyclic) bond motifs is 1. The van der Waals surface area contributed by atoms with Crippen molar-refractivity contribution in [2.24, 2.45) is 0 Å². The Morgan fingerprint density at radius 2 is 2.41 bits per heavy atom. The molecule has 17 heavy (non-hydrogen) atoms. The third-order valence-corrected chi connectivity index (χ3v) is 4.55. The molecule has 0 aromatic carbocycles. The van der Waals surface area contributed by atoms with Gasteiger partial charge in [0, 0.05) is 18.6 Å². The van der Waals surface area contributed by atoms with E-state index in [1.54, 1.807) is 0 Å². The van der Waals surface area contributed by atoms with Crippen LogP contribution in [0.3, 0.4) is 0 Å². The van der Waals surface area contributed by atoms with E-state index in [1.807, 2.05) is 0 Å². The molecule has 2 atom stereocenters. The highest BCUT2D eigenvalue weighted by molar-refractivity contribution is 7.17. The van der Waals surface area contributed by atoms with E-state index in [2.05, 4.69) is 15.2 Å². The topological polar surface area (TPSA) is 65.5 Å². The summed E-state index contributed by atoms with van der Waals surface area (Å²) in [7, 11) is 0. The van der Waals surface area contributed by atoms with E-state index in [4.69, 9.17) is 5.11 Å². The van der Waals surface area contributed by atoms with Gasteiger partial charge in [-0.2, -0.15) is 0 Å². The van der Waals surface area contributed by atoms with Crippen LogP contribution in [0, 0.1) is 0 Å². The maximum atomic E-state index is 10.8. The molecule has 2 aliphatic rings. The lowest BCUT2D eigenvalue weighted by atomic mass is 10.1. The van der Waals surface area contributed by atoms with Crippen LogP contribution in [-0.4, -0.2) is 46.1 Å². The van der Waals surface area contributed by atoms with E-state index in [9.17, 15) is 4.79 Å². The fourth-order valence-corrected chi connectivity index (χ4v) is 3.57. The van der Waals surface area contributed by atoms with Crippen molar-refractivity contribution in [3.63, 3.8) is 0 Å². The van der Waals surface area contributed by atoms with Gasteiger partial charge in [0.1, 0.15) is 4.88 Å². The van der Waals surface area contributed by atoms with Crippen molar-refractivity contribution in [1.82, 2.24) is 9.88 Å². The van der Waals surface area contributed by atoms with Crippen LogP contribution < -0.4 is 5.32 Å². The smallest absolute Gasteiger partial charge is 0.347 e. The molecule has 6 heteroatoms. The van der Waals surface area contributed by atoms with E-state index in [-0.39, 0.29) is 0 Å². The van der Waals surface area contributed by atoms with Gasteiger partial charge in [0.15, 0.2) is 5.13 Å². The van der Waals surface area contributed by atoms with Crippen LogP contribution in [0.15, 0.2) is 6.20 Å². The summed E-state index contributed by atoms with van der Waals surface area (Å²) in [5.74, 6) is -0.899. The molecular weight excluding hydrogens is 238 g/mol. The number of hydrogen-bond acceptors (Lipinski definition) is 5. The van der Waals surface area contributed by atoms with Crippen molar-refractivity contribution < 1.29 is 9.90 Å². The zero-order valence-corrected chi connectivity index (χ0v) is 10.2. The second kappa shape index (κ2) is 4.27. The van der Waals surface area contributed by atoms with Crippen LogP contribution in [0.25, 0.3) is 0 Å². The quantitative estimate of drug-likeness (QED) is 0.854. The maximum absolute atomic E-state index is 10.8. The molecule has 2 N–H and O–H groups in total. The number of nitrogens with zero attached hydrogens (tertiary/aromatic N) is 2. The molecule has 0 bridgehead atoms. The van der Waals surface area contributed by atoms with Gasteiger partial charge in [-0.05, 0) is 25.8 Å². The minimum Gasteiger partial charge on any atom is -0.477 e. The first-order valence-corrected chi connectivity index (χ1v) is 6.75. The fourth-order valence-electron chi connectivity index (χ4n) is 2.85. The highest BCUT2D eigenvalue weighted by Gasteiger charge is 2.37. The first kappa shape index (κ1) is 11.0. The SMILES string of the molecule is O=C(O)c1cnc(NC2CCN3CCCC23)s1. The summed E-state index contributed by atoms with van der Waals surface area (Å²) in [6.45, 7) is 2.36. The molecule has 1 aromatic rings. The molecule has 1 aromatic heterocycles. The van der Waals surface area contributed by atoms with Crippen LogP contribution in [0.4, 0.5) is 5.13 Å². The minimum atomic E-state index is -0.899. The lowest BCUT2D eigenvalue weighted by molar-refractivity contribution is 0.0702. The number of carbonyl (C=O) groups is 1. The summed E-state index contributed by atoms with van der Waals surface area (Å²) in [5, 5.41) is 13.0. The van der Waals surface area contributed by atoms with Crippen LogP contribution in [0.1, 0.15) is 28.9 Å². The number of aromatic nitrogens is 1. The van der Waals surface area contributed by atoms with E-state index in [0.717, 1.165) is 18.1 Å². The highest BCUT2D eigenvalue weighted by Crippen LogP contribution is 2.31. The number of carboxylic acid groups (broad SMARTS) is 1. The Bertz CT molecular complexity index is 434. The van der Waals surface area contributed by atoms with E-state index in [1.165, 1.54) is 36.9 Å². The first-order chi connectivity index (χ1) is 8.24. The van der Waals surface area contributed by atoms with E-state index < -0.39 is 5.97 Å². The molecule has 0 spiro atoms.